The van der Waals surface area contributed by atoms with Crippen LogP contribution in [0.25, 0.3) is 0 Å². The molecule has 0 heterocycles. The van der Waals surface area contributed by atoms with Crippen LogP contribution >= 0.6 is 0 Å². The number of ether oxygens (including phenoxy) is 1. The Kier molecular flexibility index (Phi) is 5.27. The Morgan fingerprint density at radius 3 is 2.12 bits per heavy atom. The zero-order chi connectivity index (χ0) is 12.9. The first-order chi connectivity index (χ1) is 7.13. The highest BCUT2D eigenvalue weighted by Crippen LogP contribution is 2.10. The molecule has 0 aliphatic heterocycles. The molecule has 0 aromatic rings. The van der Waals surface area contributed by atoms with Gasteiger partial charge in [0.25, 0.3) is 0 Å². The van der Waals surface area contributed by atoms with Crippen LogP contribution in [0.3, 0.4) is 0 Å². The van der Waals surface area contributed by atoms with Gasteiger partial charge in [-0.2, -0.15) is 0 Å². The van der Waals surface area contributed by atoms with Gasteiger partial charge >= 0.3 is 6.09 Å². The van der Waals surface area contributed by atoms with Crippen LogP contribution in [0, 0.1) is 11.8 Å². The topological polar surface area (TPSA) is 78.5 Å². The van der Waals surface area contributed by atoms with E-state index in [1.807, 2.05) is 0 Å². The minimum atomic E-state index is -1.16. The Balaban J connectivity index is 4.12. The molecule has 0 saturated carbocycles. The van der Waals surface area contributed by atoms with E-state index in [1.54, 1.807) is 34.6 Å². The molecule has 0 rings (SSSR count). The lowest BCUT2D eigenvalue weighted by atomic mass is 9.96. The third-order valence-electron chi connectivity index (χ3n) is 1.97. The van der Waals surface area contributed by atoms with Crippen molar-refractivity contribution >= 4 is 12.1 Å². The fourth-order valence-corrected chi connectivity index (χ4v) is 1.10. The number of hydrogen-bond acceptors (Lipinski definition) is 4. The van der Waals surface area contributed by atoms with Crippen molar-refractivity contribution in [1.82, 2.24) is 5.32 Å². The van der Waals surface area contributed by atoms with Gasteiger partial charge in [-0.3, -0.25) is 0 Å². The minimum absolute atomic E-state index is 0.0227. The zero-order valence-electron chi connectivity index (χ0n) is 10.5. The predicted molar refractivity (Wildman–Crippen MR) is 57.6 cm³/mol. The van der Waals surface area contributed by atoms with Gasteiger partial charge in [0.15, 0.2) is 0 Å². The van der Waals surface area contributed by atoms with Crippen LogP contribution in [0.1, 0.15) is 34.6 Å². The van der Waals surface area contributed by atoms with Crippen LogP contribution in [0.4, 0.5) is 4.79 Å². The van der Waals surface area contributed by atoms with Crippen LogP contribution in [0.2, 0.25) is 0 Å². The molecular weight excluding hydrogens is 210 g/mol. The first kappa shape index (κ1) is 14.7. The van der Waals surface area contributed by atoms with Gasteiger partial charge in [0.2, 0.25) is 0 Å². The lowest BCUT2D eigenvalue weighted by molar-refractivity contribution is -0.312. The predicted octanol–water partition coefficient (Wildman–Crippen LogP) is 0.533. The van der Waals surface area contributed by atoms with Gasteiger partial charge in [-0.05, 0) is 26.7 Å². The fourth-order valence-electron chi connectivity index (χ4n) is 1.10. The maximum absolute atomic E-state index is 11.3. The molecular formula is C11H20NO4-. The van der Waals surface area contributed by atoms with E-state index >= 15 is 0 Å². The van der Waals surface area contributed by atoms with Gasteiger partial charge in [0.05, 0.1) is 0 Å². The zero-order valence-corrected chi connectivity index (χ0v) is 10.5. The summed E-state index contributed by atoms with van der Waals surface area (Å²) in [6, 6.07) is 0. The van der Waals surface area contributed by atoms with Gasteiger partial charge in [-0.25, -0.2) is 4.79 Å². The smallest absolute Gasteiger partial charge is 0.407 e. The van der Waals surface area contributed by atoms with E-state index in [0.717, 1.165) is 0 Å². The van der Waals surface area contributed by atoms with Gasteiger partial charge < -0.3 is 20.0 Å². The molecule has 16 heavy (non-hydrogen) atoms. The molecule has 1 atom stereocenters. The first-order valence-electron chi connectivity index (χ1n) is 5.31. The van der Waals surface area contributed by atoms with Crippen molar-refractivity contribution in [2.75, 3.05) is 6.54 Å². The molecule has 5 heteroatoms. The summed E-state index contributed by atoms with van der Waals surface area (Å²) in [5, 5.41) is 13.2. The molecule has 5 nitrogen and oxygen atoms in total. The molecule has 94 valence electrons. The van der Waals surface area contributed by atoms with Crippen molar-refractivity contribution in [1.29, 1.82) is 0 Å². The molecule has 0 saturated heterocycles. The highest BCUT2D eigenvalue weighted by molar-refractivity contribution is 5.71. The number of amides is 1. The van der Waals surface area contributed by atoms with E-state index in [1.165, 1.54) is 0 Å². The number of carbonyl (C=O) groups excluding carboxylic acids is 2. The largest absolute Gasteiger partial charge is 0.550 e. The third kappa shape index (κ3) is 6.27. The second-order valence-electron chi connectivity index (χ2n) is 5.05. The van der Waals surface area contributed by atoms with Crippen LogP contribution in [0.5, 0.6) is 0 Å². The van der Waals surface area contributed by atoms with E-state index in [9.17, 15) is 14.7 Å². The maximum Gasteiger partial charge on any atom is 0.407 e. The van der Waals surface area contributed by atoms with Crippen molar-refractivity contribution in [2.24, 2.45) is 11.8 Å². The average Bonchev–Trinajstić information content (AvgIpc) is 1.98. The van der Waals surface area contributed by atoms with Gasteiger partial charge in [0, 0.05) is 18.4 Å². The molecule has 1 N–H and O–H groups in total. The van der Waals surface area contributed by atoms with Crippen molar-refractivity contribution in [3.8, 4) is 0 Å². The van der Waals surface area contributed by atoms with Crippen molar-refractivity contribution in [2.45, 2.75) is 40.2 Å². The molecule has 0 aromatic heterocycles. The summed E-state index contributed by atoms with van der Waals surface area (Å²) in [4.78, 5) is 22.0. The van der Waals surface area contributed by atoms with E-state index in [2.05, 4.69) is 5.32 Å². The molecule has 1 amide bonds. The standard InChI is InChI=1S/C11H21NO4/c1-7(2)8(9(13)14)6-12-10(15)16-11(3,4)5/h7-8H,6H2,1-5H3,(H,12,15)(H,13,14)/p-1. The highest BCUT2D eigenvalue weighted by atomic mass is 16.6. The Morgan fingerprint density at radius 2 is 1.81 bits per heavy atom. The summed E-state index contributed by atoms with van der Waals surface area (Å²) in [7, 11) is 0. The summed E-state index contributed by atoms with van der Waals surface area (Å²) in [6.45, 7) is 8.77. The number of nitrogens with one attached hydrogen (secondary N) is 1. The number of alkyl carbamates (subject to hydrolysis) is 1. The first-order valence-corrected chi connectivity index (χ1v) is 5.31. The molecule has 0 aromatic carbocycles. The SMILES string of the molecule is CC(C)C(CNC(=O)OC(C)(C)C)C(=O)[O-]. The summed E-state index contributed by atoms with van der Waals surface area (Å²) < 4.78 is 4.98. The monoisotopic (exact) mass is 230 g/mol. The summed E-state index contributed by atoms with van der Waals surface area (Å²) >= 11 is 0. The van der Waals surface area contributed by atoms with Gasteiger partial charge in [0.1, 0.15) is 5.60 Å². The minimum Gasteiger partial charge on any atom is -0.550 e. The molecule has 0 bridgehead atoms. The van der Waals surface area contributed by atoms with Crippen molar-refractivity contribution < 1.29 is 19.4 Å². The molecule has 1 unspecified atom stereocenters. The molecule has 0 spiro atoms. The van der Waals surface area contributed by atoms with Crippen molar-refractivity contribution in [3.63, 3.8) is 0 Å². The number of rotatable bonds is 4. The van der Waals surface area contributed by atoms with Crippen LogP contribution in [-0.2, 0) is 9.53 Å². The second-order valence-corrected chi connectivity index (χ2v) is 5.05. The number of carbonyl (C=O) groups is 2. The quantitative estimate of drug-likeness (QED) is 0.764. The van der Waals surface area contributed by atoms with Crippen LogP contribution in [0.15, 0.2) is 0 Å². The van der Waals surface area contributed by atoms with E-state index < -0.39 is 23.6 Å². The summed E-state index contributed by atoms with van der Waals surface area (Å²) in [5.74, 6) is -1.96. The Hall–Kier alpha value is -1.26. The Morgan fingerprint density at radius 1 is 1.31 bits per heavy atom. The molecule has 0 radical (unpaired) electrons. The van der Waals surface area contributed by atoms with E-state index in [4.69, 9.17) is 4.74 Å². The summed E-state index contributed by atoms with van der Waals surface area (Å²) in [5.41, 5.74) is -0.584. The van der Waals surface area contributed by atoms with Crippen molar-refractivity contribution in [3.05, 3.63) is 0 Å². The number of carboxylic acid groups (broad SMARTS) is 1. The average molecular weight is 230 g/mol. The lowest BCUT2D eigenvalue weighted by Gasteiger charge is -2.24. The molecule has 0 fully saturated rings. The fraction of sp³-hybridized carbons (Fsp3) is 0.818. The molecule has 0 aliphatic carbocycles. The van der Waals surface area contributed by atoms with E-state index in [-0.39, 0.29) is 12.5 Å². The Bertz CT molecular complexity index is 255. The van der Waals surface area contributed by atoms with E-state index in [0.29, 0.717) is 0 Å². The van der Waals surface area contributed by atoms with Gasteiger partial charge in [-0.15, -0.1) is 0 Å². The lowest BCUT2D eigenvalue weighted by Crippen LogP contribution is -2.43. The number of carboxylic acids is 1. The second kappa shape index (κ2) is 5.72. The van der Waals surface area contributed by atoms with Crippen LogP contribution < -0.4 is 10.4 Å². The molecule has 0 aliphatic rings. The third-order valence-corrected chi connectivity index (χ3v) is 1.97. The van der Waals surface area contributed by atoms with Crippen LogP contribution in [-0.4, -0.2) is 24.2 Å². The summed E-state index contributed by atoms with van der Waals surface area (Å²) in [6.07, 6.45) is -0.612. The number of hydrogen-bond donors (Lipinski definition) is 1. The maximum atomic E-state index is 11.3. The normalized spacial score (nSPS) is 13.4. The highest BCUT2D eigenvalue weighted by Gasteiger charge is 2.19. The number of aliphatic carboxylic acids is 1. The Labute approximate surface area is 96.2 Å². The van der Waals surface area contributed by atoms with Gasteiger partial charge in [-0.1, -0.05) is 13.8 Å².